The van der Waals surface area contributed by atoms with Crippen molar-refractivity contribution in [3.63, 3.8) is 0 Å². The van der Waals surface area contributed by atoms with Crippen LogP contribution in [0.25, 0.3) is 22.4 Å². The van der Waals surface area contributed by atoms with Crippen LogP contribution in [0.2, 0.25) is 0 Å². The van der Waals surface area contributed by atoms with Crippen LogP contribution in [-0.4, -0.2) is 24.9 Å². The van der Waals surface area contributed by atoms with Crippen molar-refractivity contribution < 1.29 is 0 Å². The first kappa shape index (κ1) is 17.3. The number of thioether (sulfide) groups is 1. The van der Waals surface area contributed by atoms with Gasteiger partial charge in [-0.05, 0) is 49.2 Å². The van der Waals surface area contributed by atoms with Gasteiger partial charge in [0.15, 0.2) is 5.16 Å². The maximum atomic E-state index is 13.3. The Labute approximate surface area is 160 Å². The molecule has 2 aromatic heterocycles. The minimum absolute atomic E-state index is 0.121. The highest BCUT2D eigenvalue weighted by Crippen LogP contribution is 2.24. The minimum atomic E-state index is -0.121. The summed E-state index contributed by atoms with van der Waals surface area (Å²) in [5.74, 6) is 1.09. The number of nitriles is 1. The Morgan fingerprint density at radius 3 is 2.59 bits per heavy atom. The monoisotopic (exact) mass is 375 g/mol. The van der Waals surface area contributed by atoms with Crippen molar-refractivity contribution in [3.8, 4) is 11.8 Å². The van der Waals surface area contributed by atoms with Crippen LogP contribution in [0.1, 0.15) is 17.5 Å². The average Bonchev–Trinajstić information content (AvgIpc) is 3.05. The van der Waals surface area contributed by atoms with Gasteiger partial charge >= 0.3 is 0 Å². The van der Waals surface area contributed by atoms with Gasteiger partial charge in [0, 0.05) is 12.2 Å². The molecule has 0 saturated heterocycles. The first-order valence-corrected chi connectivity index (χ1v) is 9.56. The lowest BCUT2D eigenvalue weighted by molar-refractivity contribution is 0.929. The van der Waals surface area contributed by atoms with Gasteiger partial charge < -0.3 is 0 Å². The number of aromatic nitrogens is 4. The fourth-order valence-electron chi connectivity index (χ4n) is 3.27. The third-order valence-corrected chi connectivity index (χ3v) is 5.24. The first-order chi connectivity index (χ1) is 13.1. The number of aryl methyl sites for hydroxylation is 2. The summed E-state index contributed by atoms with van der Waals surface area (Å²) in [4.78, 5) is 13.3. The molecule has 0 amide bonds. The Kier molecular flexibility index (Phi) is 4.42. The molecule has 7 heteroatoms. The SMILES string of the molecule is Cc1cc(C)cc(-n2c(=O)c3ccccc3n3c(SCCC#N)nnc23)c1. The van der Waals surface area contributed by atoms with Gasteiger partial charge in [-0.2, -0.15) is 5.26 Å². The smallest absolute Gasteiger partial charge is 0.267 e. The molecule has 0 N–H and O–H groups in total. The van der Waals surface area contributed by atoms with E-state index in [9.17, 15) is 4.79 Å². The van der Waals surface area contributed by atoms with Gasteiger partial charge in [-0.15, -0.1) is 10.2 Å². The molecule has 2 heterocycles. The fourth-order valence-corrected chi connectivity index (χ4v) is 4.06. The molecule has 2 aromatic carbocycles. The molecule has 0 saturated carbocycles. The average molecular weight is 375 g/mol. The molecule has 0 aliphatic carbocycles. The predicted molar refractivity (Wildman–Crippen MR) is 107 cm³/mol. The quantitative estimate of drug-likeness (QED) is 0.402. The molecule has 0 bridgehead atoms. The van der Waals surface area contributed by atoms with Gasteiger partial charge in [-0.3, -0.25) is 9.20 Å². The lowest BCUT2D eigenvalue weighted by atomic mass is 10.1. The van der Waals surface area contributed by atoms with E-state index in [1.807, 2.05) is 54.6 Å². The van der Waals surface area contributed by atoms with E-state index < -0.39 is 0 Å². The van der Waals surface area contributed by atoms with E-state index in [0.717, 1.165) is 22.3 Å². The zero-order valence-electron chi connectivity index (χ0n) is 15.0. The summed E-state index contributed by atoms with van der Waals surface area (Å²) < 4.78 is 3.51. The summed E-state index contributed by atoms with van der Waals surface area (Å²) >= 11 is 1.46. The van der Waals surface area contributed by atoms with Crippen molar-refractivity contribution in [2.45, 2.75) is 25.4 Å². The summed E-state index contributed by atoms with van der Waals surface area (Å²) in [5, 5.41) is 18.7. The highest BCUT2D eigenvalue weighted by atomic mass is 32.2. The summed E-state index contributed by atoms with van der Waals surface area (Å²) in [5.41, 5.74) is 3.57. The van der Waals surface area contributed by atoms with E-state index in [-0.39, 0.29) is 5.56 Å². The first-order valence-electron chi connectivity index (χ1n) is 8.57. The molecule has 0 radical (unpaired) electrons. The molecule has 27 heavy (non-hydrogen) atoms. The number of rotatable bonds is 4. The summed E-state index contributed by atoms with van der Waals surface area (Å²) in [7, 11) is 0. The van der Waals surface area contributed by atoms with Gasteiger partial charge in [0.2, 0.25) is 5.78 Å². The van der Waals surface area contributed by atoms with Crippen molar-refractivity contribution in [2.75, 3.05) is 5.75 Å². The number of hydrogen-bond donors (Lipinski definition) is 0. The van der Waals surface area contributed by atoms with Crippen LogP contribution in [0.3, 0.4) is 0 Å². The maximum Gasteiger partial charge on any atom is 0.267 e. The predicted octanol–water partition coefficient (Wildman–Crippen LogP) is 3.66. The number of nitrogens with zero attached hydrogens (tertiary/aromatic N) is 5. The molecule has 0 aliphatic rings. The highest BCUT2D eigenvalue weighted by molar-refractivity contribution is 7.99. The van der Waals surface area contributed by atoms with Crippen molar-refractivity contribution >= 4 is 28.4 Å². The lowest BCUT2D eigenvalue weighted by Crippen LogP contribution is -2.22. The molecule has 0 atom stereocenters. The molecule has 134 valence electrons. The largest absolute Gasteiger partial charge is 0.268 e. The summed E-state index contributed by atoms with van der Waals surface area (Å²) in [6, 6.07) is 15.6. The second-order valence-corrected chi connectivity index (χ2v) is 7.44. The number of fused-ring (bicyclic) bond motifs is 3. The second kappa shape index (κ2) is 6.89. The van der Waals surface area contributed by atoms with Crippen LogP contribution in [0, 0.1) is 25.2 Å². The third-order valence-electron chi connectivity index (χ3n) is 4.30. The molecular formula is C20H17N5OS. The van der Waals surface area contributed by atoms with Gasteiger partial charge in [0.25, 0.3) is 5.56 Å². The van der Waals surface area contributed by atoms with Crippen LogP contribution in [0.5, 0.6) is 0 Å². The molecule has 0 aliphatic heterocycles. The molecule has 0 fully saturated rings. The number of hydrogen-bond acceptors (Lipinski definition) is 5. The lowest BCUT2D eigenvalue weighted by Gasteiger charge is -2.12. The minimum Gasteiger partial charge on any atom is -0.268 e. The Balaban J connectivity index is 2.08. The molecule has 6 nitrogen and oxygen atoms in total. The normalized spacial score (nSPS) is 11.1. The Morgan fingerprint density at radius 2 is 1.85 bits per heavy atom. The van der Waals surface area contributed by atoms with Crippen molar-refractivity contribution in [1.29, 1.82) is 5.26 Å². The van der Waals surface area contributed by atoms with Gasteiger partial charge in [-0.25, -0.2) is 4.57 Å². The van der Waals surface area contributed by atoms with Crippen LogP contribution in [0.4, 0.5) is 0 Å². The summed E-state index contributed by atoms with van der Waals surface area (Å²) in [6.07, 6.45) is 0.425. The molecular weight excluding hydrogens is 358 g/mol. The van der Waals surface area contributed by atoms with E-state index in [1.165, 1.54) is 11.8 Å². The number of para-hydroxylation sites is 1. The van der Waals surface area contributed by atoms with E-state index in [0.29, 0.717) is 28.5 Å². The third kappa shape index (κ3) is 2.98. The van der Waals surface area contributed by atoms with Crippen molar-refractivity contribution in [2.24, 2.45) is 0 Å². The molecule has 0 spiro atoms. The molecule has 0 unspecified atom stereocenters. The van der Waals surface area contributed by atoms with Gasteiger partial charge in [0.05, 0.1) is 22.7 Å². The molecule has 4 aromatic rings. The van der Waals surface area contributed by atoms with Gasteiger partial charge in [-0.1, -0.05) is 30.0 Å². The zero-order valence-corrected chi connectivity index (χ0v) is 15.8. The Bertz CT molecular complexity index is 1250. The Morgan fingerprint density at radius 1 is 1.11 bits per heavy atom. The zero-order chi connectivity index (χ0) is 19.0. The van der Waals surface area contributed by atoms with Crippen LogP contribution in [-0.2, 0) is 0 Å². The van der Waals surface area contributed by atoms with Crippen LogP contribution in [0.15, 0.2) is 52.4 Å². The maximum absolute atomic E-state index is 13.3. The number of benzene rings is 2. The Hall–Kier alpha value is -3.11. The van der Waals surface area contributed by atoms with E-state index in [4.69, 9.17) is 5.26 Å². The highest BCUT2D eigenvalue weighted by Gasteiger charge is 2.18. The summed E-state index contributed by atoms with van der Waals surface area (Å²) in [6.45, 7) is 4.01. The standard InChI is InChI=1S/C20H17N5OS/c1-13-10-14(2)12-15(11-13)24-18(26)16-6-3-4-7-17(16)25-19(24)22-23-20(25)27-9-5-8-21/h3-4,6-7,10-12H,5,9H2,1-2H3. The van der Waals surface area contributed by atoms with Gasteiger partial charge in [0.1, 0.15) is 0 Å². The van der Waals surface area contributed by atoms with E-state index in [1.54, 1.807) is 4.57 Å². The van der Waals surface area contributed by atoms with Crippen molar-refractivity contribution in [1.82, 2.24) is 19.2 Å². The van der Waals surface area contributed by atoms with E-state index in [2.05, 4.69) is 22.3 Å². The molecule has 4 rings (SSSR count). The fraction of sp³-hybridized carbons (Fsp3) is 0.200. The van der Waals surface area contributed by atoms with Crippen LogP contribution < -0.4 is 5.56 Å². The topological polar surface area (TPSA) is 76.0 Å². The second-order valence-electron chi connectivity index (χ2n) is 6.38. The van der Waals surface area contributed by atoms with E-state index >= 15 is 0 Å². The van der Waals surface area contributed by atoms with Crippen molar-refractivity contribution in [3.05, 3.63) is 63.9 Å². The van der Waals surface area contributed by atoms with Crippen LogP contribution >= 0.6 is 11.8 Å².